The van der Waals surface area contributed by atoms with E-state index in [1.54, 1.807) is 13.2 Å². The molecule has 27 heavy (non-hydrogen) atoms. The number of hydrogen-bond donors (Lipinski definition) is 2. The molecule has 0 fully saturated rings. The lowest BCUT2D eigenvalue weighted by molar-refractivity contribution is 0.210. The van der Waals surface area contributed by atoms with Gasteiger partial charge in [-0.05, 0) is 12.1 Å². The number of nitrogens with one attached hydrogen (secondary N) is 2. The summed E-state index contributed by atoms with van der Waals surface area (Å²) in [7, 11) is 1.57. The Labute approximate surface area is 154 Å². The lowest BCUT2D eigenvalue weighted by Crippen LogP contribution is -2.11. The van der Waals surface area contributed by atoms with Crippen LogP contribution in [0.3, 0.4) is 0 Å². The molecule has 1 heterocycles. The van der Waals surface area contributed by atoms with Gasteiger partial charge in [-0.15, -0.1) is 0 Å². The van der Waals surface area contributed by atoms with E-state index < -0.39 is 17.5 Å². The maximum atomic E-state index is 14.0. The quantitative estimate of drug-likeness (QED) is 0.475. The molecule has 5 nitrogen and oxygen atoms in total. The monoisotopic (exact) mass is 374 g/mol. The molecule has 0 radical (unpaired) electrons. The molecule has 0 saturated carbocycles. The van der Waals surface area contributed by atoms with Crippen molar-refractivity contribution in [2.75, 3.05) is 30.9 Å². The molecule has 0 spiro atoms. The zero-order valence-electron chi connectivity index (χ0n) is 14.5. The summed E-state index contributed by atoms with van der Waals surface area (Å²) in [6.45, 7) is 0.910. The molecule has 0 aliphatic carbocycles. The van der Waals surface area contributed by atoms with Crippen LogP contribution in [0.2, 0.25) is 0 Å². The molecule has 2 N–H and O–H groups in total. The first kappa shape index (κ1) is 18.7. The number of rotatable bonds is 7. The Kier molecular flexibility index (Phi) is 5.87. The van der Waals surface area contributed by atoms with Crippen LogP contribution in [-0.4, -0.2) is 30.2 Å². The van der Waals surface area contributed by atoms with Gasteiger partial charge in [-0.25, -0.2) is 18.2 Å². The average molecular weight is 374 g/mol. The van der Waals surface area contributed by atoms with Gasteiger partial charge in [0.05, 0.1) is 18.0 Å². The van der Waals surface area contributed by atoms with Gasteiger partial charge in [-0.2, -0.15) is 4.98 Å². The SMILES string of the molecule is COCCNc1nc(Nc2ccc(F)c(F)c2F)cc(-c2ccccc2)n1. The highest BCUT2D eigenvalue weighted by atomic mass is 19.2. The van der Waals surface area contributed by atoms with E-state index in [9.17, 15) is 13.2 Å². The molecule has 0 saturated heterocycles. The first-order valence-corrected chi connectivity index (χ1v) is 8.16. The van der Waals surface area contributed by atoms with E-state index in [-0.39, 0.29) is 11.5 Å². The summed E-state index contributed by atoms with van der Waals surface area (Å²) in [5.41, 5.74) is 1.17. The number of hydrogen-bond acceptors (Lipinski definition) is 5. The number of halogens is 3. The third-order valence-electron chi connectivity index (χ3n) is 3.68. The van der Waals surface area contributed by atoms with Crippen molar-refractivity contribution in [2.24, 2.45) is 0 Å². The first-order valence-electron chi connectivity index (χ1n) is 8.16. The van der Waals surface area contributed by atoms with Gasteiger partial charge in [0.1, 0.15) is 5.82 Å². The normalized spacial score (nSPS) is 10.7. The van der Waals surface area contributed by atoms with Crippen molar-refractivity contribution in [3.63, 3.8) is 0 Å². The highest BCUT2D eigenvalue weighted by Crippen LogP contribution is 2.26. The smallest absolute Gasteiger partial charge is 0.225 e. The minimum absolute atomic E-state index is 0.227. The van der Waals surface area contributed by atoms with Crippen molar-refractivity contribution >= 4 is 17.5 Å². The van der Waals surface area contributed by atoms with Crippen molar-refractivity contribution < 1.29 is 17.9 Å². The minimum atomic E-state index is -1.55. The van der Waals surface area contributed by atoms with Gasteiger partial charge in [0, 0.05) is 25.3 Å². The average Bonchev–Trinajstić information content (AvgIpc) is 2.69. The van der Waals surface area contributed by atoms with Gasteiger partial charge in [0.15, 0.2) is 17.5 Å². The first-order chi connectivity index (χ1) is 13.1. The van der Waals surface area contributed by atoms with Crippen molar-refractivity contribution in [1.82, 2.24) is 9.97 Å². The molecule has 3 aromatic rings. The van der Waals surface area contributed by atoms with E-state index in [0.717, 1.165) is 17.7 Å². The molecule has 2 aromatic carbocycles. The van der Waals surface area contributed by atoms with E-state index in [1.807, 2.05) is 30.3 Å². The number of methoxy groups -OCH3 is 1. The van der Waals surface area contributed by atoms with Gasteiger partial charge in [0.25, 0.3) is 0 Å². The fraction of sp³-hybridized carbons (Fsp3) is 0.158. The van der Waals surface area contributed by atoms with Gasteiger partial charge in [-0.1, -0.05) is 30.3 Å². The predicted molar refractivity (Wildman–Crippen MR) is 97.4 cm³/mol. The summed E-state index contributed by atoms with van der Waals surface area (Å²) in [6.07, 6.45) is 0. The molecule has 0 unspecified atom stereocenters. The summed E-state index contributed by atoms with van der Waals surface area (Å²) in [5.74, 6) is -3.60. The molecular weight excluding hydrogens is 357 g/mol. The zero-order valence-corrected chi connectivity index (χ0v) is 14.5. The van der Waals surface area contributed by atoms with Crippen LogP contribution >= 0.6 is 0 Å². The summed E-state index contributed by atoms with van der Waals surface area (Å²) in [4.78, 5) is 8.67. The van der Waals surface area contributed by atoms with Crippen LogP contribution < -0.4 is 10.6 Å². The van der Waals surface area contributed by atoms with Crippen LogP contribution in [0.1, 0.15) is 0 Å². The Hall–Kier alpha value is -3.13. The van der Waals surface area contributed by atoms with Gasteiger partial charge >= 0.3 is 0 Å². The minimum Gasteiger partial charge on any atom is -0.383 e. The topological polar surface area (TPSA) is 59.1 Å². The second-order valence-electron chi connectivity index (χ2n) is 5.60. The van der Waals surface area contributed by atoms with Crippen LogP contribution in [0.15, 0.2) is 48.5 Å². The van der Waals surface area contributed by atoms with Crippen LogP contribution in [-0.2, 0) is 4.74 Å². The molecule has 0 bridgehead atoms. The van der Waals surface area contributed by atoms with Crippen LogP contribution in [0, 0.1) is 17.5 Å². The maximum Gasteiger partial charge on any atom is 0.225 e. The number of benzene rings is 2. The van der Waals surface area contributed by atoms with Crippen LogP contribution in [0.4, 0.5) is 30.6 Å². The summed E-state index contributed by atoms with van der Waals surface area (Å²) < 4.78 is 45.6. The molecule has 0 amide bonds. The predicted octanol–water partition coefficient (Wildman–Crippen LogP) is 4.36. The maximum absolute atomic E-state index is 14.0. The molecule has 8 heteroatoms. The number of ether oxygens (including phenoxy) is 1. The zero-order chi connectivity index (χ0) is 19.2. The molecule has 140 valence electrons. The molecule has 1 aromatic heterocycles. The third kappa shape index (κ3) is 4.53. The second-order valence-corrected chi connectivity index (χ2v) is 5.60. The molecule has 0 atom stereocenters. The van der Waals surface area contributed by atoms with E-state index in [0.29, 0.717) is 24.8 Å². The molecule has 3 rings (SSSR count). The van der Waals surface area contributed by atoms with E-state index in [1.165, 1.54) is 0 Å². The lowest BCUT2D eigenvalue weighted by Gasteiger charge is -2.12. The van der Waals surface area contributed by atoms with Crippen molar-refractivity contribution in [1.29, 1.82) is 0 Å². The van der Waals surface area contributed by atoms with Crippen molar-refractivity contribution in [3.05, 3.63) is 66.0 Å². The fourth-order valence-corrected chi connectivity index (χ4v) is 2.37. The summed E-state index contributed by atoms with van der Waals surface area (Å²) >= 11 is 0. The van der Waals surface area contributed by atoms with Crippen molar-refractivity contribution in [2.45, 2.75) is 0 Å². The fourth-order valence-electron chi connectivity index (χ4n) is 2.37. The largest absolute Gasteiger partial charge is 0.383 e. The van der Waals surface area contributed by atoms with Crippen LogP contribution in [0.25, 0.3) is 11.3 Å². The van der Waals surface area contributed by atoms with E-state index >= 15 is 0 Å². The van der Waals surface area contributed by atoms with Crippen LogP contribution in [0.5, 0.6) is 0 Å². The van der Waals surface area contributed by atoms with E-state index in [4.69, 9.17) is 4.74 Å². The summed E-state index contributed by atoms with van der Waals surface area (Å²) in [6, 6.07) is 12.9. The summed E-state index contributed by atoms with van der Waals surface area (Å²) in [5, 5.41) is 5.68. The number of anilines is 3. The molecule has 0 aliphatic heterocycles. The molecule has 0 aliphatic rings. The molecular formula is C19H17F3N4O. The third-order valence-corrected chi connectivity index (χ3v) is 3.68. The second kappa shape index (κ2) is 8.50. The Morgan fingerprint density at radius 2 is 1.74 bits per heavy atom. The number of nitrogens with zero attached hydrogens (tertiary/aromatic N) is 2. The highest BCUT2D eigenvalue weighted by Gasteiger charge is 2.15. The van der Waals surface area contributed by atoms with Gasteiger partial charge in [-0.3, -0.25) is 0 Å². The Bertz CT molecular complexity index is 922. The van der Waals surface area contributed by atoms with Gasteiger partial charge in [0.2, 0.25) is 5.95 Å². The van der Waals surface area contributed by atoms with Gasteiger partial charge < -0.3 is 15.4 Å². The highest BCUT2D eigenvalue weighted by molar-refractivity contribution is 5.67. The lowest BCUT2D eigenvalue weighted by atomic mass is 10.1. The van der Waals surface area contributed by atoms with Crippen molar-refractivity contribution in [3.8, 4) is 11.3 Å². The van der Waals surface area contributed by atoms with E-state index in [2.05, 4.69) is 20.6 Å². The Morgan fingerprint density at radius 1 is 0.963 bits per heavy atom. The number of aromatic nitrogens is 2. The Morgan fingerprint density at radius 3 is 2.48 bits per heavy atom. The standard InChI is InChI=1S/C19H17F3N4O/c1-27-10-9-23-19-25-15(12-5-3-2-4-6-12)11-16(26-19)24-14-8-7-13(20)17(21)18(14)22/h2-8,11H,9-10H2,1H3,(H2,23,24,25,26). The Balaban J connectivity index is 1.96.